The van der Waals surface area contributed by atoms with Crippen LogP contribution in [0.15, 0.2) is 66.7 Å². The lowest BCUT2D eigenvalue weighted by molar-refractivity contribution is -0.140. The van der Waals surface area contributed by atoms with E-state index in [-0.39, 0.29) is 22.2 Å². The van der Waals surface area contributed by atoms with Gasteiger partial charge >= 0.3 is 5.97 Å². The molecule has 2 heteroatoms. The Labute approximate surface area is 301 Å². The van der Waals surface area contributed by atoms with Gasteiger partial charge in [0.25, 0.3) is 0 Å². The highest BCUT2D eigenvalue weighted by Gasteiger charge is 2.90. The van der Waals surface area contributed by atoms with Gasteiger partial charge in [-0.2, -0.15) is 0 Å². The first kappa shape index (κ1) is 24.5. The van der Waals surface area contributed by atoms with Crippen LogP contribution >= 0.6 is 0 Å². The highest BCUT2D eigenvalue weighted by molar-refractivity contribution is 6.61. The molecule has 0 aromatic heterocycles. The number of methoxy groups -OCH3 is 1. The number of carbonyl (C=O) groups is 1. The van der Waals surface area contributed by atoms with Crippen LogP contribution in [0.5, 0.6) is 0 Å². The van der Waals surface area contributed by atoms with E-state index in [1.807, 2.05) is 0 Å². The van der Waals surface area contributed by atoms with Crippen molar-refractivity contribution in [2.24, 2.45) is 5.41 Å². The first-order valence-electron chi connectivity index (χ1n) is 19.8. The van der Waals surface area contributed by atoms with Crippen LogP contribution in [0, 0.1) is 5.41 Å². The maximum Gasteiger partial charge on any atom is 0.305 e. The summed E-state index contributed by atoms with van der Waals surface area (Å²) in [5, 5.41) is 28.2. The molecule has 0 amide bonds. The number of hydrogen-bond donors (Lipinski definition) is 0. The van der Waals surface area contributed by atoms with E-state index in [2.05, 4.69) is 66.7 Å². The molecule has 11 aromatic carbocycles. The largest absolute Gasteiger partial charge is 0.469 e. The van der Waals surface area contributed by atoms with E-state index < -0.39 is 0 Å². The second-order valence-corrected chi connectivity index (χ2v) is 18.3. The number of carbonyl (C=O) groups excluding carboxylic acids is 1. The van der Waals surface area contributed by atoms with Crippen molar-refractivity contribution in [2.45, 2.75) is 49.4 Å². The van der Waals surface area contributed by atoms with E-state index in [1.54, 1.807) is 142 Å². The lowest BCUT2D eigenvalue weighted by Gasteiger charge is -2.32. The van der Waals surface area contributed by atoms with E-state index in [4.69, 9.17) is 4.74 Å². The summed E-state index contributed by atoms with van der Waals surface area (Å²) in [5.41, 5.74) is 16.6. The molecule has 0 saturated heterocycles. The third kappa shape index (κ3) is 1.80. The van der Waals surface area contributed by atoms with Crippen LogP contribution < -0.4 is 0 Å². The van der Waals surface area contributed by atoms with Gasteiger partial charge in [-0.3, -0.25) is 4.79 Å². The average Bonchev–Trinajstić information content (AvgIpc) is 3.88. The molecule has 7 aliphatic carbocycles. The Balaban J connectivity index is 1.20. The minimum atomic E-state index is -0.209. The molecule has 0 heterocycles. The van der Waals surface area contributed by atoms with Crippen molar-refractivity contribution < 1.29 is 9.53 Å². The molecule has 242 valence electrons. The summed E-state index contributed by atoms with van der Waals surface area (Å²) in [4.78, 5) is 12.8. The third-order valence-electron chi connectivity index (χ3n) is 17.1. The Morgan fingerprint density at radius 2 is 1.08 bits per heavy atom. The van der Waals surface area contributed by atoms with Gasteiger partial charge in [0, 0.05) is 22.7 Å². The van der Waals surface area contributed by atoms with E-state index in [1.165, 1.54) is 23.4 Å². The van der Waals surface area contributed by atoms with Gasteiger partial charge in [0.2, 0.25) is 0 Å². The van der Waals surface area contributed by atoms with Crippen LogP contribution in [0.2, 0.25) is 0 Å². The molecule has 18 rings (SSSR count). The molecular weight excluding hydrogens is 645 g/mol. The van der Waals surface area contributed by atoms with Crippen LogP contribution in [-0.4, -0.2) is 13.1 Å². The van der Waals surface area contributed by atoms with E-state index >= 15 is 0 Å². The molecule has 0 N–H and O–H groups in total. The Kier molecular flexibility index (Phi) is 3.03. The first-order valence-corrected chi connectivity index (χ1v) is 19.8. The minimum absolute atomic E-state index is 0.0979. The van der Waals surface area contributed by atoms with Crippen LogP contribution in [0.1, 0.15) is 69.3 Å². The zero-order chi connectivity index (χ0) is 33.5. The summed E-state index contributed by atoms with van der Waals surface area (Å²) < 4.78 is 5.26. The average molecular weight is 671 g/mol. The first-order chi connectivity index (χ1) is 26.1. The number of esters is 1. The monoisotopic (exact) mass is 670 g/mol. The third-order valence-corrected chi connectivity index (χ3v) is 17.1. The fourth-order valence-corrected chi connectivity index (χ4v) is 16.3. The van der Waals surface area contributed by atoms with Gasteiger partial charge in [-0.1, -0.05) is 66.7 Å². The molecule has 1 saturated carbocycles. The second kappa shape index (κ2) is 6.56. The van der Waals surface area contributed by atoms with Crippen molar-refractivity contribution in [3.8, 4) is 0 Å². The molecule has 1 atom stereocenters. The number of ether oxygens (including phenoxy) is 1. The second-order valence-electron chi connectivity index (χ2n) is 18.3. The molecule has 0 bridgehead atoms. The molecule has 1 unspecified atom stereocenters. The zero-order valence-corrected chi connectivity index (χ0v) is 28.9. The standard InChI is InChI=1S/C51H26O2/c1-53-28(52)8-5-9-50(27-6-3-2-4-7-27)49-17-25-15-23-13-21-11-19-10-20-12-22-14-24-16-26(18-49)36-32(24)40-34(22)38-30(20)29(19)37-33(21)39-31(23)35(25)47-45-43(39)41(37)42(38)44(40)46(45)48(36)51(47,49)50/h2-4,6-7,11-14,17-18H,5,8-10,15-16H2,1H3. The smallest absolute Gasteiger partial charge is 0.305 e. The van der Waals surface area contributed by atoms with Gasteiger partial charge in [0.15, 0.2) is 0 Å². The number of rotatable bonds is 5. The van der Waals surface area contributed by atoms with Crippen molar-refractivity contribution in [3.63, 3.8) is 0 Å². The van der Waals surface area contributed by atoms with Gasteiger partial charge in [-0.25, -0.2) is 0 Å². The van der Waals surface area contributed by atoms with Gasteiger partial charge in [0.05, 0.1) is 7.11 Å². The Bertz CT molecular complexity index is 3630. The molecule has 7 aliphatic rings. The lowest BCUT2D eigenvalue weighted by Crippen LogP contribution is -2.26. The molecule has 1 fully saturated rings. The molecular formula is C51H26O2. The van der Waals surface area contributed by atoms with E-state index in [0.29, 0.717) is 6.42 Å². The highest BCUT2D eigenvalue weighted by atomic mass is 16.5. The van der Waals surface area contributed by atoms with Crippen molar-refractivity contribution in [3.05, 3.63) is 117 Å². The van der Waals surface area contributed by atoms with Crippen LogP contribution in [0.4, 0.5) is 0 Å². The van der Waals surface area contributed by atoms with Crippen molar-refractivity contribution in [1.29, 1.82) is 0 Å². The summed E-state index contributed by atoms with van der Waals surface area (Å²) in [6, 6.07) is 22.0. The molecule has 0 aliphatic heterocycles. The van der Waals surface area contributed by atoms with Crippen LogP contribution in [0.25, 0.3) is 108 Å². The molecule has 11 aromatic rings. The number of benzene rings is 9. The Morgan fingerprint density at radius 3 is 1.62 bits per heavy atom. The molecule has 2 nitrogen and oxygen atoms in total. The zero-order valence-electron chi connectivity index (χ0n) is 28.9. The normalized spacial score (nSPS) is 26.0. The van der Waals surface area contributed by atoms with Crippen molar-refractivity contribution >= 4 is 114 Å². The lowest BCUT2D eigenvalue weighted by atomic mass is 9.69. The predicted octanol–water partition coefficient (Wildman–Crippen LogP) is 11.4. The SMILES string of the molecule is COC(=O)CCCC1(c2ccccc2)C23C=C4Cc5cc6cc7c8c9c(cc%10cc%11c%12c(c%13c%14c%15c(c4c5c4c6c8c(c%154)c4c9c%10c%12c%144)C%1321)C(=C3)C%11)C7. The molecule has 53 heavy (non-hydrogen) atoms. The summed E-state index contributed by atoms with van der Waals surface area (Å²) in [6.07, 6.45) is 10.9. The summed E-state index contributed by atoms with van der Waals surface area (Å²) in [6.45, 7) is 0. The van der Waals surface area contributed by atoms with Gasteiger partial charge in [0.1, 0.15) is 0 Å². The van der Waals surface area contributed by atoms with E-state index in [9.17, 15) is 4.79 Å². The predicted molar refractivity (Wildman–Crippen MR) is 214 cm³/mol. The number of allylic oxidation sites excluding steroid dienone is 4. The Morgan fingerprint density at radius 1 is 0.585 bits per heavy atom. The topological polar surface area (TPSA) is 26.3 Å². The molecule has 0 radical (unpaired) electrons. The number of hydrogen-bond acceptors (Lipinski definition) is 2. The maximum absolute atomic E-state index is 12.8. The minimum Gasteiger partial charge on any atom is -0.469 e. The Hall–Kier alpha value is -5.73. The summed E-state index contributed by atoms with van der Waals surface area (Å²) >= 11 is 0. The maximum atomic E-state index is 12.8. The summed E-state index contributed by atoms with van der Waals surface area (Å²) in [7, 11) is 1.54. The van der Waals surface area contributed by atoms with Gasteiger partial charge in [-0.05, 0) is 190 Å². The molecule has 1 spiro atoms. The van der Waals surface area contributed by atoms with Gasteiger partial charge in [-0.15, -0.1) is 0 Å². The quantitative estimate of drug-likeness (QED) is 0.135. The van der Waals surface area contributed by atoms with E-state index in [0.717, 1.165) is 32.1 Å². The van der Waals surface area contributed by atoms with Crippen molar-refractivity contribution in [1.82, 2.24) is 0 Å². The van der Waals surface area contributed by atoms with Crippen LogP contribution in [-0.2, 0) is 39.6 Å². The van der Waals surface area contributed by atoms with Gasteiger partial charge < -0.3 is 4.74 Å². The van der Waals surface area contributed by atoms with Crippen molar-refractivity contribution in [2.75, 3.05) is 7.11 Å². The summed E-state index contributed by atoms with van der Waals surface area (Å²) in [5.74, 6) is -0.0979. The fourth-order valence-electron chi connectivity index (χ4n) is 16.3. The highest BCUT2D eigenvalue weighted by Crippen LogP contribution is 2.92. The van der Waals surface area contributed by atoms with Crippen LogP contribution in [0.3, 0.4) is 0 Å². The fraction of sp³-hybridized carbons (Fsp3) is 0.196.